The second-order valence-electron chi connectivity index (χ2n) is 8.88. The molecule has 0 aromatic carbocycles. The van der Waals surface area contributed by atoms with Crippen LogP contribution in [0.15, 0.2) is 11.6 Å². The van der Waals surface area contributed by atoms with Crippen molar-refractivity contribution in [1.82, 2.24) is 0 Å². The molecular weight excluding hydrogens is 332 g/mol. The fourth-order valence-corrected chi connectivity index (χ4v) is 5.74. The van der Waals surface area contributed by atoms with Crippen molar-refractivity contribution in [2.45, 2.75) is 78.1 Å². The highest BCUT2D eigenvalue weighted by atomic mass is 16.7. The fraction of sp³-hybridized carbons (Fsp3) is 0.810. The number of hydrogen-bond donors (Lipinski definition) is 0. The SMILES string of the molecule is CCC(=O)[C@H]1O[C@@](CCC2=CCOC2=O)(OC)[C@@]2(C)CCCC(C)(C)[C@H]12. The predicted octanol–water partition coefficient (Wildman–Crippen LogP) is 3.80. The van der Waals surface area contributed by atoms with Crippen molar-refractivity contribution in [3.63, 3.8) is 0 Å². The van der Waals surface area contributed by atoms with E-state index in [0.717, 1.165) is 19.3 Å². The minimum absolute atomic E-state index is 0.00827. The molecule has 3 aliphatic rings. The molecule has 2 fully saturated rings. The Hall–Kier alpha value is -1.20. The zero-order valence-electron chi connectivity index (χ0n) is 16.7. The number of rotatable bonds is 6. The largest absolute Gasteiger partial charge is 0.458 e. The van der Waals surface area contributed by atoms with Crippen molar-refractivity contribution in [3.05, 3.63) is 11.6 Å². The summed E-state index contributed by atoms with van der Waals surface area (Å²) in [7, 11) is 1.67. The van der Waals surface area contributed by atoms with Gasteiger partial charge in [-0.15, -0.1) is 0 Å². The highest BCUT2D eigenvalue weighted by Crippen LogP contribution is 2.65. The van der Waals surface area contributed by atoms with Crippen LogP contribution in [0, 0.1) is 16.7 Å². The summed E-state index contributed by atoms with van der Waals surface area (Å²) in [6.45, 7) is 8.95. The van der Waals surface area contributed by atoms with Gasteiger partial charge in [0.1, 0.15) is 12.7 Å². The monoisotopic (exact) mass is 364 g/mol. The molecule has 1 saturated heterocycles. The molecule has 0 aromatic heterocycles. The summed E-state index contributed by atoms with van der Waals surface area (Å²) in [6, 6.07) is 0. The summed E-state index contributed by atoms with van der Waals surface area (Å²) in [4.78, 5) is 24.6. The van der Waals surface area contributed by atoms with Gasteiger partial charge in [-0.25, -0.2) is 4.79 Å². The van der Waals surface area contributed by atoms with Crippen molar-refractivity contribution in [1.29, 1.82) is 0 Å². The standard InChI is InChI=1S/C21H32O5/c1-6-15(22)16-17-19(2,3)10-7-11-20(17,4)21(24-5,26-16)12-8-14-9-13-25-18(14)23/h9,16-17H,6-8,10-13H2,1-5H3/t16-,17+,20+,21-/m1/s1. The molecule has 0 amide bonds. The predicted molar refractivity (Wildman–Crippen MR) is 97.4 cm³/mol. The lowest BCUT2D eigenvalue weighted by Gasteiger charge is -2.52. The van der Waals surface area contributed by atoms with Crippen LogP contribution in [0.4, 0.5) is 0 Å². The Balaban J connectivity index is 1.95. The van der Waals surface area contributed by atoms with Gasteiger partial charge in [0.05, 0.1) is 0 Å². The lowest BCUT2D eigenvalue weighted by atomic mass is 9.53. The van der Waals surface area contributed by atoms with Gasteiger partial charge in [0, 0.05) is 36.9 Å². The van der Waals surface area contributed by atoms with Gasteiger partial charge >= 0.3 is 5.97 Å². The molecule has 1 saturated carbocycles. The third-order valence-electron chi connectivity index (χ3n) is 7.06. The highest BCUT2D eigenvalue weighted by Gasteiger charge is 2.68. The molecule has 0 radical (unpaired) electrons. The second-order valence-corrected chi connectivity index (χ2v) is 8.88. The van der Waals surface area contributed by atoms with E-state index in [1.54, 1.807) is 7.11 Å². The van der Waals surface area contributed by atoms with Crippen molar-refractivity contribution in [2.75, 3.05) is 13.7 Å². The van der Waals surface area contributed by atoms with Crippen LogP contribution in [-0.2, 0) is 23.8 Å². The van der Waals surface area contributed by atoms with E-state index < -0.39 is 11.9 Å². The van der Waals surface area contributed by atoms with Gasteiger partial charge in [-0.3, -0.25) is 4.79 Å². The third-order valence-corrected chi connectivity index (χ3v) is 7.06. The Morgan fingerprint density at radius 1 is 1.31 bits per heavy atom. The van der Waals surface area contributed by atoms with E-state index in [9.17, 15) is 9.59 Å². The first-order chi connectivity index (χ1) is 12.2. The number of cyclic esters (lactones) is 1. The first-order valence-corrected chi connectivity index (χ1v) is 9.82. The number of carbonyl (C=O) groups is 2. The molecular formula is C21H32O5. The van der Waals surface area contributed by atoms with Crippen molar-refractivity contribution >= 4 is 11.8 Å². The van der Waals surface area contributed by atoms with E-state index in [4.69, 9.17) is 14.2 Å². The van der Waals surface area contributed by atoms with Crippen LogP contribution in [0.3, 0.4) is 0 Å². The molecule has 146 valence electrons. The van der Waals surface area contributed by atoms with Gasteiger partial charge in [-0.1, -0.05) is 34.1 Å². The topological polar surface area (TPSA) is 61.8 Å². The maximum Gasteiger partial charge on any atom is 0.334 e. The average molecular weight is 364 g/mol. The number of ether oxygens (including phenoxy) is 3. The van der Waals surface area contributed by atoms with E-state index in [2.05, 4.69) is 20.8 Å². The second kappa shape index (κ2) is 6.75. The van der Waals surface area contributed by atoms with Gasteiger partial charge in [0.15, 0.2) is 11.6 Å². The molecule has 0 N–H and O–H groups in total. The van der Waals surface area contributed by atoms with Crippen molar-refractivity contribution in [3.8, 4) is 0 Å². The Morgan fingerprint density at radius 2 is 2.04 bits per heavy atom. The first kappa shape index (κ1) is 19.6. The summed E-state index contributed by atoms with van der Waals surface area (Å²) >= 11 is 0. The number of ketones is 1. The van der Waals surface area contributed by atoms with Gasteiger partial charge in [-0.2, -0.15) is 0 Å². The van der Waals surface area contributed by atoms with E-state index >= 15 is 0 Å². The van der Waals surface area contributed by atoms with Crippen LogP contribution in [-0.4, -0.2) is 37.4 Å². The van der Waals surface area contributed by atoms with Crippen molar-refractivity contribution in [2.24, 2.45) is 16.7 Å². The molecule has 0 spiro atoms. The van der Waals surface area contributed by atoms with Crippen LogP contribution in [0.1, 0.15) is 66.2 Å². The summed E-state index contributed by atoms with van der Waals surface area (Å²) in [6.07, 6.45) is 6.10. The molecule has 3 rings (SSSR count). The quantitative estimate of drug-likeness (QED) is 0.671. The number of esters is 1. The minimum atomic E-state index is -0.853. The van der Waals surface area contributed by atoms with Crippen LogP contribution >= 0.6 is 0 Å². The summed E-state index contributed by atoms with van der Waals surface area (Å²) < 4.78 is 17.5. The Labute approximate surface area is 156 Å². The molecule has 26 heavy (non-hydrogen) atoms. The first-order valence-electron chi connectivity index (χ1n) is 9.82. The van der Waals surface area contributed by atoms with E-state index in [-0.39, 0.29) is 28.5 Å². The zero-order valence-corrected chi connectivity index (χ0v) is 16.7. The molecule has 2 aliphatic heterocycles. The number of Topliss-reactive ketones (excluding diaryl/α,β-unsaturated/α-hetero) is 1. The lowest BCUT2D eigenvalue weighted by molar-refractivity contribution is -0.260. The number of hydrogen-bond acceptors (Lipinski definition) is 5. The molecule has 0 unspecified atom stereocenters. The van der Waals surface area contributed by atoms with E-state index in [0.29, 0.717) is 31.4 Å². The zero-order chi connectivity index (χ0) is 19.2. The van der Waals surface area contributed by atoms with Crippen molar-refractivity contribution < 1.29 is 23.8 Å². The molecule has 0 aromatic rings. The van der Waals surface area contributed by atoms with Gasteiger partial charge in [0.25, 0.3) is 0 Å². The molecule has 5 heteroatoms. The Bertz CT molecular complexity index is 622. The fourth-order valence-electron chi connectivity index (χ4n) is 5.74. The Kier molecular flexibility index (Phi) is 5.08. The normalized spacial score (nSPS) is 38.7. The number of fused-ring (bicyclic) bond motifs is 1. The van der Waals surface area contributed by atoms with E-state index in [1.165, 1.54) is 0 Å². The minimum Gasteiger partial charge on any atom is -0.458 e. The highest BCUT2D eigenvalue weighted by molar-refractivity contribution is 5.90. The van der Waals surface area contributed by atoms with Gasteiger partial charge in [0.2, 0.25) is 0 Å². The van der Waals surface area contributed by atoms with Gasteiger partial charge < -0.3 is 14.2 Å². The van der Waals surface area contributed by atoms with E-state index in [1.807, 2.05) is 13.0 Å². The average Bonchev–Trinajstić information content (AvgIpc) is 3.11. The number of carbonyl (C=O) groups excluding carboxylic acids is 2. The smallest absolute Gasteiger partial charge is 0.334 e. The molecule has 1 aliphatic carbocycles. The van der Waals surface area contributed by atoms with Gasteiger partial charge in [-0.05, 0) is 30.8 Å². The molecule has 0 bridgehead atoms. The Morgan fingerprint density at radius 3 is 2.62 bits per heavy atom. The summed E-state index contributed by atoms with van der Waals surface area (Å²) in [5.41, 5.74) is 0.432. The lowest BCUT2D eigenvalue weighted by Crippen LogP contribution is -2.53. The third kappa shape index (κ3) is 2.84. The van der Waals surface area contributed by atoms with Crippen LogP contribution < -0.4 is 0 Å². The number of methoxy groups -OCH3 is 1. The summed E-state index contributed by atoms with van der Waals surface area (Å²) in [5, 5.41) is 0. The maximum atomic E-state index is 12.7. The molecule has 5 nitrogen and oxygen atoms in total. The van der Waals surface area contributed by atoms with Crippen LogP contribution in [0.5, 0.6) is 0 Å². The van der Waals surface area contributed by atoms with Crippen LogP contribution in [0.2, 0.25) is 0 Å². The summed E-state index contributed by atoms with van der Waals surface area (Å²) in [5.74, 6) is -0.842. The molecule has 2 heterocycles. The molecule has 4 atom stereocenters. The maximum absolute atomic E-state index is 12.7. The van der Waals surface area contributed by atoms with Crippen LogP contribution in [0.25, 0.3) is 0 Å².